The first-order valence-corrected chi connectivity index (χ1v) is 5.25. The van der Waals surface area contributed by atoms with Crippen LogP contribution < -0.4 is 0 Å². The van der Waals surface area contributed by atoms with Gasteiger partial charge in [0.05, 0.1) is 18.8 Å². The lowest BCUT2D eigenvalue weighted by atomic mass is 10.2. The van der Waals surface area contributed by atoms with Gasteiger partial charge in [0.15, 0.2) is 0 Å². The van der Waals surface area contributed by atoms with E-state index in [1.165, 1.54) is 0 Å². The molecule has 0 aromatic carbocycles. The van der Waals surface area contributed by atoms with Crippen molar-refractivity contribution in [1.29, 1.82) is 0 Å². The highest BCUT2D eigenvalue weighted by Gasteiger charge is 2.35. The van der Waals surface area contributed by atoms with Crippen LogP contribution in [0.25, 0.3) is 0 Å². The average Bonchev–Trinajstić information content (AvgIpc) is 2.82. The lowest BCUT2D eigenvalue weighted by molar-refractivity contribution is -0.133. The van der Waals surface area contributed by atoms with Crippen molar-refractivity contribution >= 4 is 5.91 Å². The number of amides is 1. The van der Waals surface area contributed by atoms with Crippen LogP contribution >= 0.6 is 0 Å². The SMILES string of the molecule is CN(C)C(=O)C1CCCN1CC1CO1. The molecule has 0 saturated carbocycles. The number of carbonyl (C=O) groups is 1. The predicted octanol–water partition coefficient (Wildman–Crippen LogP) is -0.0622. The number of carbonyl (C=O) groups excluding carboxylic acids is 1. The van der Waals surface area contributed by atoms with Crippen molar-refractivity contribution in [3.63, 3.8) is 0 Å². The van der Waals surface area contributed by atoms with Crippen LogP contribution in [0.15, 0.2) is 0 Å². The summed E-state index contributed by atoms with van der Waals surface area (Å²) in [5.74, 6) is 0.239. The Morgan fingerprint density at radius 2 is 2.29 bits per heavy atom. The summed E-state index contributed by atoms with van der Waals surface area (Å²) < 4.78 is 5.19. The molecule has 14 heavy (non-hydrogen) atoms. The van der Waals surface area contributed by atoms with E-state index in [0.717, 1.165) is 32.5 Å². The minimum absolute atomic E-state index is 0.106. The Morgan fingerprint density at radius 1 is 1.57 bits per heavy atom. The third-order valence-electron chi connectivity index (χ3n) is 2.93. The van der Waals surface area contributed by atoms with Gasteiger partial charge in [-0.25, -0.2) is 0 Å². The Morgan fingerprint density at radius 3 is 2.86 bits per heavy atom. The third kappa shape index (κ3) is 2.07. The highest BCUT2D eigenvalue weighted by atomic mass is 16.6. The molecular weight excluding hydrogens is 180 g/mol. The van der Waals surface area contributed by atoms with Crippen LogP contribution in [0.4, 0.5) is 0 Å². The quantitative estimate of drug-likeness (QED) is 0.596. The van der Waals surface area contributed by atoms with E-state index in [-0.39, 0.29) is 11.9 Å². The first-order valence-electron chi connectivity index (χ1n) is 5.25. The molecule has 0 bridgehead atoms. The van der Waals surface area contributed by atoms with Gasteiger partial charge in [-0.3, -0.25) is 9.69 Å². The molecule has 0 aliphatic carbocycles. The Hall–Kier alpha value is -0.610. The maximum Gasteiger partial charge on any atom is 0.239 e. The summed E-state index contributed by atoms with van der Waals surface area (Å²) in [4.78, 5) is 15.8. The molecule has 0 spiro atoms. The zero-order valence-corrected chi connectivity index (χ0v) is 8.90. The number of hydrogen-bond acceptors (Lipinski definition) is 3. The Bertz CT molecular complexity index is 226. The molecule has 1 amide bonds. The molecule has 4 heteroatoms. The number of likely N-dealkylation sites (N-methyl/N-ethyl adjacent to an activating group) is 1. The summed E-state index contributed by atoms with van der Waals surface area (Å²) in [6.45, 7) is 2.85. The molecule has 4 nitrogen and oxygen atoms in total. The van der Waals surface area contributed by atoms with Gasteiger partial charge in [0, 0.05) is 20.6 Å². The van der Waals surface area contributed by atoms with E-state index in [1.54, 1.807) is 4.90 Å². The molecule has 2 aliphatic heterocycles. The van der Waals surface area contributed by atoms with E-state index in [1.807, 2.05) is 14.1 Å². The van der Waals surface area contributed by atoms with Crippen molar-refractivity contribution in [1.82, 2.24) is 9.80 Å². The monoisotopic (exact) mass is 198 g/mol. The number of nitrogens with zero attached hydrogens (tertiary/aromatic N) is 2. The molecule has 0 radical (unpaired) electrons. The Labute approximate surface area is 84.8 Å². The first-order chi connectivity index (χ1) is 6.68. The summed E-state index contributed by atoms with van der Waals surface area (Å²) in [5, 5.41) is 0. The Balaban J connectivity index is 1.91. The van der Waals surface area contributed by atoms with E-state index in [9.17, 15) is 4.79 Å². The highest BCUT2D eigenvalue weighted by Crippen LogP contribution is 2.22. The van der Waals surface area contributed by atoms with Crippen LogP contribution in [0.3, 0.4) is 0 Å². The molecule has 2 fully saturated rings. The summed E-state index contributed by atoms with van der Waals surface area (Å²) in [5.41, 5.74) is 0. The van der Waals surface area contributed by atoms with Crippen molar-refractivity contribution in [2.24, 2.45) is 0 Å². The fraction of sp³-hybridized carbons (Fsp3) is 0.900. The molecule has 0 N–H and O–H groups in total. The zero-order valence-electron chi connectivity index (χ0n) is 8.90. The molecule has 0 aromatic rings. The average molecular weight is 198 g/mol. The van der Waals surface area contributed by atoms with Crippen LogP contribution in [-0.4, -0.2) is 61.6 Å². The lowest BCUT2D eigenvalue weighted by Crippen LogP contribution is -2.44. The molecule has 2 rings (SSSR count). The van der Waals surface area contributed by atoms with E-state index in [2.05, 4.69) is 4.90 Å². The molecule has 2 saturated heterocycles. The van der Waals surface area contributed by atoms with Crippen LogP contribution in [0.1, 0.15) is 12.8 Å². The van der Waals surface area contributed by atoms with Gasteiger partial charge in [-0.05, 0) is 19.4 Å². The minimum Gasteiger partial charge on any atom is -0.372 e. The molecule has 2 heterocycles. The number of hydrogen-bond donors (Lipinski definition) is 0. The minimum atomic E-state index is 0.106. The predicted molar refractivity (Wildman–Crippen MR) is 53.0 cm³/mol. The fourth-order valence-corrected chi connectivity index (χ4v) is 2.06. The van der Waals surface area contributed by atoms with Crippen molar-refractivity contribution in [2.75, 3.05) is 33.8 Å². The maximum absolute atomic E-state index is 11.8. The normalized spacial score (nSPS) is 31.9. The molecule has 0 aromatic heterocycles. The van der Waals surface area contributed by atoms with Crippen molar-refractivity contribution in [3.8, 4) is 0 Å². The van der Waals surface area contributed by atoms with Crippen LogP contribution in [0.2, 0.25) is 0 Å². The summed E-state index contributed by atoms with van der Waals surface area (Å²) in [7, 11) is 3.65. The number of rotatable bonds is 3. The number of epoxide rings is 1. The third-order valence-corrected chi connectivity index (χ3v) is 2.93. The number of ether oxygens (including phenoxy) is 1. The van der Waals surface area contributed by atoms with Gasteiger partial charge in [0.1, 0.15) is 0 Å². The van der Waals surface area contributed by atoms with Gasteiger partial charge in [0.25, 0.3) is 0 Å². The van der Waals surface area contributed by atoms with Crippen molar-refractivity contribution in [2.45, 2.75) is 25.0 Å². The van der Waals surface area contributed by atoms with Gasteiger partial charge in [-0.2, -0.15) is 0 Å². The second-order valence-electron chi connectivity index (χ2n) is 4.34. The molecule has 2 aliphatic rings. The number of likely N-dealkylation sites (tertiary alicyclic amines) is 1. The Kier molecular flexibility index (Phi) is 2.74. The highest BCUT2D eigenvalue weighted by molar-refractivity contribution is 5.81. The van der Waals surface area contributed by atoms with E-state index >= 15 is 0 Å². The van der Waals surface area contributed by atoms with Crippen molar-refractivity contribution in [3.05, 3.63) is 0 Å². The van der Waals surface area contributed by atoms with Gasteiger partial charge in [-0.1, -0.05) is 0 Å². The van der Waals surface area contributed by atoms with Crippen LogP contribution in [0, 0.1) is 0 Å². The summed E-state index contributed by atoms with van der Waals surface area (Å²) in [6, 6.07) is 0.106. The largest absolute Gasteiger partial charge is 0.372 e. The lowest BCUT2D eigenvalue weighted by Gasteiger charge is -2.25. The molecule has 2 unspecified atom stereocenters. The molecule has 80 valence electrons. The summed E-state index contributed by atoms with van der Waals surface area (Å²) >= 11 is 0. The molecule has 2 atom stereocenters. The smallest absolute Gasteiger partial charge is 0.239 e. The topological polar surface area (TPSA) is 36.1 Å². The second kappa shape index (κ2) is 3.87. The van der Waals surface area contributed by atoms with E-state index < -0.39 is 0 Å². The first kappa shape index (κ1) is 9.93. The van der Waals surface area contributed by atoms with E-state index in [0.29, 0.717) is 6.10 Å². The zero-order chi connectivity index (χ0) is 10.1. The van der Waals surface area contributed by atoms with Gasteiger partial charge in [-0.15, -0.1) is 0 Å². The van der Waals surface area contributed by atoms with Crippen LogP contribution in [-0.2, 0) is 9.53 Å². The van der Waals surface area contributed by atoms with E-state index in [4.69, 9.17) is 4.74 Å². The fourth-order valence-electron chi connectivity index (χ4n) is 2.06. The second-order valence-corrected chi connectivity index (χ2v) is 4.34. The van der Waals surface area contributed by atoms with Crippen LogP contribution in [0.5, 0.6) is 0 Å². The molecular formula is C10H18N2O2. The van der Waals surface area contributed by atoms with Gasteiger partial charge in [0.2, 0.25) is 5.91 Å². The van der Waals surface area contributed by atoms with Gasteiger partial charge < -0.3 is 9.64 Å². The van der Waals surface area contributed by atoms with Gasteiger partial charge >= 0.3 is 0 Å². The maximum atomic E-state index is 11.8. The standard InChI is InChI=1S/C10H18N2O2/c1-11(2)10(13)9-4-3-5-12(9)6-8-7-14-8/h8-9H,3-7H2,1-2H3. The summed E-state index contributed by atoms with van der Waals surface area (Å²) in [6.07, 6.45) is 2.53. The van der Waals surface area contributed by atoms with Crippen molar-refractivity contribution < 1.29 is 9.53 Å².